The van der Waals surface area contributed by atoms with Crippen LogP contribution >= 0.6 is 0 Å². The van der Waals surface area contributed by atoms with Crippen LogP contribution in [0.4, 0.5) is 13.2 Å². The van der Waals surface area contributed by atoms with Crippen LogP contribution in [0, 0.1) is 0 Å². The number of hydrogen-bond acceptors (Lipinski definition) is 2. The fourth-order valence-electron chi connectivity index (χ4n) is 1.29. The minimum atomic E-state index is -4.21. The molecule has 0 spiro atoms. The number of nitrogens with zero attached hydrogens (tertiary/aromatic N) is 3. The lowest BCUT2D eigenvalue weighted by molar-refractivity contribution is -0.132. The van der Waals surface area contributed by atoms with Gasteiger partial charge < -0.3 is 0 Å². The van der Waals surface area contributed by atoms with Crippen molar-refractivity contribution in [3.63, 3.8) is 0 Å². The maximum absolute atomic E-state index is 12.0. The molecule has 0 aliphatic rings. The summed E-state index contributed by atoms with van der Waals surface area (Å²) in [7, 11) is 0. The van der Waals surface area contributed by atoms with Crippen LogP contribution < -0.4 is 0 Å². The average molecular weight is 257 g/mol. The molecule has 0 radical (unpaired) electrons. The van der Waals surface area contributed by atoms with E-state index in [-0.39, 0.29) is 12.4 Å². The van der Waals surface area contributed by atoms with Gasteiger partial charge in [-0.15, -0.1) is 0 Å². The van der Waals surface area contributed by atoms with Crippen molar-refractivity contribution in [1.29, 1.82) is 0 Å². The number of aliphatic imine (C=N–C) groups is 2. The van der Waals surface area contributed by atoms with E-state index >= 15 is 0 Å². The summed E-state index contributed by atoms with van der Waals surface area (Å²) in [6, 6.07) is 3.52. The van der Waals surface area contributed by atoms with Crippen molar-refractivity contribution in [3.05, 3.63) is 29.6 Å². The smallest absolute Gasteiger partial charge is 0.266 e. The molecule has 0 aliphatic carbocycles. The summed E-state index contributed by atoms with van der Waals surface area (Å²) in [6.45, 7) is 4.92. The molecule has 0 N–H and O–H groups in total. The number of aromatic nitrogens is 1. The van der Waals surface area contributed by atoms with Gasteiger partial charge in [0.05, 0.1) is 6.42 Å². The van der Waals surface area contributed by atoms with Gasteiger partial charge in [0.1, 0.15) is 0 Å². The number of hydrogen-bond donors (Lipinski definition) is 0. The van der Waals surface area contributed by atoms with E-state index in [9.17, 15) is 13.2 Å². The molecule has 6 heteroatoms. The number of rotatable bonds is 4. The molecule has 18 heavy (non-hydrogen) atoms. The first-order chi connectivity index (χ1) is 8.46. The Kier molecular flexibility index (Phi) is 5.00. The summed E-state index contributed by atoms with van der Waals surface area (Å²) in [4.78, 5) is 11.5. The molecule has 3 nitrogen and oxygen atoms in total. The van der Waals surface area contributed by atoms with E-state index in [1.54, 1.807) is 18.3 Å². The van der Waals surface area contributed by atoms with Crippen molar-refractivity contribution < 1.29 is 13.2 Å². The Morgan fingerprint density at radius 2 is 2.11 bits per heavy atom. The highest BCUT2D eigenvalue weighted by atomic mass is 19.4. The van der Waals surface area contributed by atoms with Gasteiger partial charge in [0.2, 0.25) is 0 Å². The van der Waals surface area contributed by atoms with E-state index in [4.69, 9.17) is 0 Å². The first-order valence-electron chi connectivity index (χ1n) is 5.49. The van der Waals surface area contributed by atoms with Crippen molar-refractivity contribution >= 4 is 12.6 Å². The molecular formula is C12H14F3N3. The quantitative estimate of drug-likeness (QED) is 0.603. The molecule has 0 aromatic carbocycles. The molecule has 0 saturated heterocycles. The lowest BCUT2D eigenvalue weighted by atomic mass is 10.2. The second-order valence-electron chi connectivity index (χ2n) is 3.62. The van der Waals surface area contributed by atoms with Crippen molar-refractivity contribution in [2.45, 2.75) is 25.9 Å². The highest BCUT2D eigenvalue weighted by molar-refractivity contribution is 6.01. The van der Waals surface area contributed by atoms with Gasteiger partial charge in [0.25, 0.3) is 0 Å². The molecule has 0 bridgehead atoms. The summed E-state index contributed by atoms with van der Waals surface area (Å²) in [6.07, 6.45) is -2.84. The molecule has 0 atom stereocenters. The summed E-state index contributed by atoms with van der Waals surface area (Å²) < 4.78 is 36.0. The third-order valence-corrected chi connectivity index (χ3v) is 2.25. The van der Waals surface area contributed by atoms with Crippen LogP contribution in [-0.4, -0.2) is 30.3 Å². The summed E-state index contributed by atoms with van der Waals surface area (Å²) >= 11 is 0. The van der Waals surface area contributed by atoms with E-state index < -0.39 is 12.6 Å². The predicted octanol–water partition coefficient (Wildman–Crippen LogP) is 3.04. The molecule has 1 aromatic heterocycles. The third kappa shape index (κ3) is 4.65. The van der Waals surface area contributed by atoms with E-state index in [2.05, 4.69) is 21.7 Å². The maximum Gasteiger partial charge on any atom is 0.390 e. The molecule has 0 saturated carbocycles. The standard InChI is InChI=1S/C12H14F3N3/c1-3-10-5-4-9(8-18-10)11(16-2)17-7-6-12(13,14)15/h4-5,8H,2-3,6-7H2,1H3. The minimum absolute atomic E-state index is 0.189. The van der Waals surface area contributed by atoms with Crippen molar-refractivity contribution in [1.82, 2.24) is 4.98 Å². The Balaban J connectivity index is 2.75. The van der Waals surface area contributed by atoms with E-state index in [0.29, 0.717) is 5.56 Å². The zero-order chi connectivity index (χ0) is 13.6. The maximum atomic E-state index is 12.0. The fourth-order valence-corrected chi connectivity index (χ4v) is 1.29. The monoisotopic (exact) mass is 257 g/mol. The summed E-state index contributed by atoms with van der Waals surface area (Å²) in [5.41, 5.74) is 1.47. The summed E-state index contributed by atoms with van der Waals surface area (Å²) in [5.74, 6) is 0.189. The second-order valence-corrected chi connectivity index (χ2v) is 3.62. The highest BCUT2D eigenvalue weighted by Gasteiger charge is 2.26. The SMILES string of the molecule is C=NC(=NCCC(F)(F)F)c1ccc(CC)nc1. The zero-order valence-electron chi connectivity index (χ0n) is 10.0. The lowest BCUT2D eigenvalue weighted by Crippen LogP contribution is -2.10. The molecule has 0 unspecified atom stereocenters. The first-order valence-corrected chi connectivity index (χ1v) is 5.49. The normalized spacial score (nSPS) is 12.6. The molecule has 1 aromatic rings. The molecule has 1 rings (SSSR count). The lowest BCUT2D eigenvalue weighted by Gasteiger charge is -2.04. The molecule has 98 valence electrons. The van der Waals surface area contributed by atoms with Crippen LogP contribution in [0.15, 0.2) is 28.3 Å². The third-order valence-electron chi connectivity index (χ3n) is 2.25. The van der Waals surface area contributed by atoms with Crippen LogP contribution in [0.3, 0.4) is 0 Å². The van der Waals surface area contributed by atoms with Gasteiger partial charge in [-0.2, -0.15) is 13.2 Å². The highest BCUT2D eigenvalue weighted by Crippen LogP contribution is 2.19. The van der Waals surface area contributed by atoms with Gasteiger partial charge >= 0.3 is 6.18 Å². The van der Waals surface area contributed by atoms with Crippen LogP contribution in [-0.2, 0) is 6.42 Å². The molecular weight excluding hydrogens is 243 g/mol. The van der Waals surface area contributed by atoms with Crippen LogP contribution in [0.2, 0.25) is 0 Å². The first kappa shape index (κ1) is 14.3. The molecule has 0 amide bonds. The Hall–Kier alpha value is -1.72. The number of amidine groups is 1. The van der Waals surface area contributed by atoms with Gasteiger partial charge in [0, 0.05) is 24.0 Å². The molecule has 0 aliphatic heterocycles. The Morgan fingerprint density at radius 1 is 1.39 bits per heavy atom. The Labute approximate surface area is 103 Å². The average Bonchev–Trinajstić information content (AvgIpc) is 2.34. The molecule has 1 heterocycles. The van der Waals surface area contributed by atoms with Crippen LogP contribution in [0.5, 0.6) is 0 Å². The zero-order valence-corrected chi connectivity index (χ0v) is 10.0. The van der Waals surface area contributed by atoms with Crippen LogP contribution in [0.25, 0.3) is 0 Å². The number of halogens is 3. The van der Waals surface area contributed by atoms with Crippen LogP contribution in [0.1, 0.15) is 24.6 Å². The van der Waals surface area contributed by atoms with Crippen molar-refractivity contribution in [3.8, 4) is 0 Å². The van der Waals surface area contributed by atoms with Gasteiger partial charge in [0.15, 0.2) is 5.84 Å². The Morgan fingerprint density at radius 3 is 2.56 bits per heavy atom. The number of aryl methyl sites for hydroxylation is 1. The van der Waals surface area contributed by atoms with Gasteiger partial charge in [-0.1, -0.05) is 6.92 Å². The fraction of sp³-hybridized carbons (Fsp3) is 0.417. The largest absolute Gasteiger partial charge is 0.390 e. The van der Waals surface area contributed by atoms with Gasteiger partial charge in [-0.3, -0.25) is 9.98 Å². The number of alkyl halides is 3. The van der Waals surface area contributed by atoms with Crippen molar-refractivity contribution in [2.24, 2.45) is 9.98 Å². The minimum Gasteiger partial charge on any atom is -0.266 e. The van der Waals surface area contributed by atoms with E-state index in [1.807, 2.05) is 6.92 Å². The van der Waals surface area contributed by atoms with E-state index in [0.717, 1.165) is 12.1 Å². The summed E-state index contributed by atoms with van der Waals surface area (Å²) in [5, 5.41) is 0. The van der Waals surface area contributed by atoms with E-state index in [1.165, 1.54) is 0 Å². The van der Waals surface area contributed by atoms with Gasteiger partial charge in [-0.25, -0.2) is 4.99 Å². The van der Waals surface area contributed by atoms with Gasteiger partial charge in [-0.05, 0) is 25.3 Å². The topological polar surface area (TPSA) is 37.6 Å². The predicted molar refractivity (Wildman–Crippen MR) is 65.2 cm³/mol. The Bertz CT molecular complexity index is 421. The second kappa shape index (κ2) is 6.28. The number of pyridine rings is 1. The molecule has 0 fully saturated rings. The van der Waals surface area contributed by atoms with Crippen molar-refractivity contribution in [2.75, 3.05) is 6.54 Å².